The first-order valence-electron chi connectivity index (χ1n) is 5.60. The average molecular weight is 254 g/mol. The summed E-state index contributed by atoms with van der Waals surface area (Å²) in [6.07, 6.45) is 0. The number of aromatic nitrogens is 3. The summed E-state index contributed by atoms with van der Waals surface area (Å²) in [7, 11) is 0. The highest BCUT2D eigenvalue weighted by Gasteiger charge is 2.20. The molecule has 1 amide bonds. The molecule has 3 aromatic rings. The van der Waals surface area contributed by atoms with Gasteiger partial charge in [0.25, 0.3) is 5.91 Å². The second-order valence-electron chi connectivity index (χ2n) is 4.07. The van der Waals surface area contributed by atoms with Crippen LogP contribution in [0.5, 0.6) is 5.75 Å². The predicted molar refractivity (Wildman–Crippen MR) is 69.5 cm³/mol. The van der Waals surface area contributed by atoms with E-state index in [0.717, 1.165) is 10.8 Å². The number of carbonyl (C=O) groups excluding carboxylic acids is 1. The number of rotatable bonds is 2. The maximum atomic E-state index is 11.3. The second kappa shape index (κ2) is 4.09. The summed E-state index contributed by atoms with van der Waals surface area (Å²) < 4.78 is 0. The molecule has 0 unspecified atom stereocenters. The number of benzene rings is 2. The quantitative estimate of drug-likeness (QED) is 0.643. The van der Waals surface area contributed by atoms with Gasteiger partial charge in [0.05, 0.1) is 5.56 Å². The van der Waals surface area contributed by atoms with Gasteiger partial charge >= 0.3 is 0 Å². The molecule has 2 aromatic carbocycles. The Hall–Kier alpha value is -2.89. The summed E-state index contributed by atoms with van der Waals surface area (Å²) >= 11 is 0. The van der Waals surface area contributed by atoms with Crippen LogP contribution in [0.4, 0.5) is 0 Å². The van der Waals surface area contributed by atoms with Crippen LogP contribution in [0.1, 0.15) is 10.5 Å². The molecule has 0 aliphatic rings. The number of fused-ring (bicyclic) bond motifs is 1. The Kier molecular flexibility index (Phi) is 2.42. The van der Waals surface area contributed by atoms with Crippen molar-refractivity contribution >= 4 is 16.7 Å². The van der Waals surface area contributed by atoms with Gasteiger partial charge in [0.2, 0.25) is 0 Å². The Bertz CT molecular complexity index is 779. The van der Waals surface area contributed by atoms with E-state index in [4.69, 9.17) is 5.73 Å². The molecule has 0 radical (unpaired) electrons. The van der Waals surface area contributed by atoms with Crippen molar-refractivity contribution in [2.75, 3.05) is 0 Å². The monoisotopic (exact) mass is 254 g/mol. The number of aromatic amines is 1. The number of nitrogens with two attached hydrogens (primary N) is 1. The molecule has 0 aliphatic heterocycles. The lowest BCUT2D eigenvalue weighted by Gasteiger charge is -2.07. The Morgan fingerprint density at radius 1 is 1.16 bits per heavy atom. The van der Waals surface area contributed by atoms with Gasteiger partial charge in [0, 0.05) is 0 Å². The topological polar surface area (TPSA) is 105 Å². The average Bonchev–Trinajstić information content (AvgIpc) is 2.87. The number of primary amides is 1. The lowest BCUT2D eigenvalue weighted by Crippen LogP contribution is -2.12. The Balaban J connectivity index is 2.39. The van der Waals surface area contributed by atoms with Gasteiger partial charge in [-0.3, -0.25) is 4.79 Å². The SMILES string of the molecule is NC(=O)c1n[nH]nc1-c1c(O)ccc2ccccc12. The van der Waals surface area contributed by atoms with Crippen molar-refractivity contribution in [2.45, 2.75) is 0 Å². The summed E-state index contributed by atoms with van der Waals surface area (Å²) in [5.41, 5.74) is 5.95. The van der Waals surface area contributed by atoms with E-state index in [1.807, 2.05) is 24.3 Å². The number of phenolic OH excluding ortho intramolecular Hbond substituents is 1. The molecular weight excluding hydrogens is 244 g/mol. The van der Waals surface area contributed by atoms with E-state index < -0.39 is 5.91 Å². The van der Waals surface area contributed by atoms with Crippen LogP contribution < -0.4 is 5.73 Å². The molecule has 0 aliphatic carbocycles. The highest BCUT2D eigenvalue weighted by atomic mass is 16.3. The normalized spacial score (nSPS) is 10.7. The van der Waals surface area contributed by atoms with Crippen molar-refractivity contribution < 1.29 is 9.90 Å². The van der Waals surface area contributed by atoms with Crippen molar-refractivity contribution in [1.29, 1.82) is 0 Å². The molecule has 0 saturated heterocycles. The van der Waals surface area contributed by atoms with Crippen LogP contribution in [0.2, 0.25) is 0 Å². The zero-order valence-corrected chi connectivity index (χ0v) is 9.79. The van der Waals surface area contributed by atoms with E-state index in [1.54, 1.807) is 12.1 Å². The fourth-order valence-electron chi connectivity index (χ4n) is 2.09. The molecular formula is C13H10N4O2. The summed E-state index contributed by atoms with van der Waals surface area (Å²) in [6, 6.07) is 10.8. The van der Waals surface area contributed by atoms with Gasteiger partial charge in [0.15, 0.2) is 5.69 Å². The van der Waals surface area contributed by atoms with Gasteiger partial charge in [-0.05, 0) is 16.8 Å². The highest BCUT2D eigenvalue weighted by Crippen LogP contribution is 2.36. The van der Waals surface area contributed by atoms with E-state index in [0.29, 0.717) is 5.56 Å². The van der Waals surface area contributed by atoms with Gasteiger partial charge in [-0.1, -0.05) is 30.3 Å². The molecule has 0 atom stereocenters. The van der Waals surface area contributed by atoms with E-state index in [-0.39, 0.29) is 17.1 Å². The smallest absolute Gasteiger partial charge is 0.271 e. The minimum atomic E-state index is -0.698. The number of hydrogen-bond donors (Lipinski definition) is 3. The first-order valence-corrected chi connectivity index (χ1v) is 5.60. The Labute approximate surface area is 107 Å². The third-order valence-corrected chi connectivity index (χ3v) is 2.93. The van der Waals surface area contributed by atoms with Crippen LogP contribution in [-0.4, -0.2) is 26.4 Å². The largest absolute Gasteiger partial charge is 0.507 e. The van der Waals surface area contributed by atoms with Gasteiger partial charge in [0.1, 0.15) is 11.4 Å². The third-order valence-electron chi connectivity index (χ3n) is 2.93. The van der Waals surface area contributed by atoms with Crippen LogP contribution in [0, 0.1) is 0 Å². The van der Waals surface area contributed by atoms with Crippen LogP contribution in [-0.2, 0) is 0 Å². The van der Waals surface area contributed by atoms with Crippen molar-refractivity contribution in [2.24, 2.45) is 5.73 Å². The number of H-pyrrole nitrogens is 1. The number of carbonyl (C=O) groups is 1. The molecule has 1 aromatic heterocycles. The number of amides is 1. The Morgan fingerprint density at radius 2 is 1.95 bits per heavy atom. The zero-order chi connectivity index (χ0) is 13.4. The van der Waals surface area contributed by atoms with Gasteiger partial charge < -0.3 is 10.8 Å². The summed E-state index contributed by atoms with van der Waals surface area (Å²) in [5.74, 6) is -0.675. The maximum absolute atomic E-state index is 11.3. The van der Waals surface area contributed by atoms with Crippen LogP contribution in [0.25, 0.3) is 22.0 Å². The molecule has 19 heavy (non-hydrogen) atoms. The maximum Gasteiger partial charge on any atom is 0.271 e. The minimum absolute atomic E-state index is 0.00616. The first-order chi connectivity index (χ1) is 9.18. The number of hydrogen-bond acceptors (Lipinski definition) is 4. The summed E-state index contributed by atoms with van der Waals surface area (Å²) in [5, 5.41) is 21.8. The molecule has 94 valence electrons. The molecule has 4 N–H and O–H groups in total. The fraction of sp³-hybridized carbons (Fsp3) is 0. The number of phenols is 1. The standard InChI is InChI=1S/C13H10N4O2/c14-13(19)12-11(15-17-16-12)10-8-4-2-1-3-7(8)5-6-9(10)18/h1-6,18H,(H2,14,19)(H,15,16,17). The molecule has 0 bridgehead atoms. The van der Waals surface area contributed by atoms with Crippen molar-refractivity contribution in [3.05, 3.63) is 42.1 Å². The molecule has 1 heterocycles. The molecule has 0 saturated carbocycles. The molecule has 6 nitrogen and oxygen atoms in total. The Morgan fingerprint density at radius 3 is 2.74 bits per heavy atom. The molecule has 6 heteroatoms. The second-order valence-corrected chi connectivity index (χ2v) is 4.07. The highest BCUT2D eigenvalue weighted by molar-refractivity contribution is 6.04. The first kappa shape index (κ1) is 11.2. The zero-order valence-electron chi connectivity index (χ0n) is 9.79. The van der Waals surface area contributed by atoms with Gasteiger partial charge in [-0.15, -0.1) is 0 Å². The van der Waals surface area contributed by atoms with Gasteiger partial charge in [-0.2, -0.15) is 15.4 Å². The number of nitrogens with one attached hydrogen (secondary N) is 1. The minimum Gasteiger partial charge on any atom is -0.507 e. The van der Waals surface area contributed by atoms with Crippen molar-refractivity contribution in [1.82, 2.24) is 15.4 Å². The number of nitrogens with zero attached hydrogens (tertiary/aromatic N) is 2. The molecule has 3 rings (SSSR count). The lowest BCUT2D eigenvalue weighted by molar-refractivity contribution is 0.0996. The van der Waals surface area contributed by atoms with E-state index in [1.165, 1.54) is 0 Å². The third kappa shape index (κ3) is 1.70. The van der Waals surface area contributed by atoms with E-state index in [9.17, 15) is 9.90 Å². The predicted octanol–water partition coefficient (Wildman–Crippen LogP) is 1.43. The molecule has 0 spiro atoms. The van der Waals surface area contributed by atoms with E-state index in [2.05, 4.69) is 15.4 Å². The summed E-state index contributed by atoms with van der Waals surface area (Å²) in [4.78, 5) is 11.3. The van der Waals surface area contributed by atoms with Crippen LogP contribution >= 0.6 is 0 Å². The lowest BCUT2D eigenvalue weighted by atomic mass is 10.00. The summed E-state index contributed by atoms with van der Waals surface area (Å²) in [6.45, 7) is 0. The van der Waals surface area contributed by atoms with Crippen molar-refractivity contribution in [3.63, 3.8) is 0 Å². The fourth-order valence-corrected chi connectivity index (χ4v) is 2.09. The van der Waals surface area contributed by atoms with Crippen molar-refractivity contribution in [3.8, 4) is 17.0 Å². The van der Waals surface area contributed by atoms with Crippen LogP contribution in [0.3, 0.4) is 0 Å². The number of aromatic hydroxyl groups is 1. The van der Waals surface area contributed by atoms with Gasteiger partial charge in [-0.25, -0.2) is 0 Å². The molecule has 0 fully saturated rings. The van der Waals surface area contributed by atoms with Crippen LogP contribution in [0.15, 0.2) is 36.4 Å². The van der Waals surface area contributed by atoms with E-state index >= 15 is 0 Å².